The third-order valence-electron chi connectivity index (χ3n) is 1.65. The Hall–Kier alpha value is -0.400. The summed E-state index contributed by atoms with van der Waals surface area (Å²) in [5.41, 5.74) is 0. The van der Waals surface area contributed by atoms with Crippen molar-refractivity contribution in [3.8, 4) is 0 Å². The Morgan fingerprint density at radius 1 is 1.56 bits per heavy atom. The summed E-state index contributed by atoms with van der Waals surface area (Å²) in [6, 6.07) is 1.20. The van der Waals surface area contributed by atoms with Crippen molar-refractivity contribution in [2.45, 2.75) is 17.9 Å². The number of aromatic nitrogens is 1. The Morgan fingerprint density at radius 2 is 2.19 bits per heavy atom. The van der Waals surface area contributed by atoms with Gasteiger partial charge in [-0.2, -0.15) is 0 Å². The van der Waals surface area contributed by atoms with Gasteiger partial charge >= 0.3 is 0 Å². The van der Waals surface area contributed by atoms with Crippen LogP contribution < -0.4 is 4.72 Å². The Morgan fingerprint density at radius 3 is 2.69 bits per heavy atom. The molecule has 16 heavy (non-hydrogen) atoms. The maximum atomic E-state index is 11.6. The normalized spacial score (nSPS) is 13.8. The fraction of sp³-hybridized carbons (Fsp3) is 0.375. The van der Waals surface area contributed by atoms with E-state index < -0.39 is 16.1 Å². The molecule has 2 N–H and O–H groups in total. The van der Waals surface area contributed by atoms with Gasteiger partial charge in [-0.15, -0.1) is 0 Å². The molecule has 1 atom stereocenters. The lowest BCUT2D eigenvalue weighted by Crippen LogP contribution is -2.30. The summed E-state index contributed by atoms with van der Waals surface area (Å²) in [7, 11) is -3.71. The number of pyridine rings is 1. The van der Waals surface area contributed by atoms with Crippen molar-refractivity contribution in [2.24, 2.45) is 0 Å². The quantitative estimate of drug-likeness (QED) is 0.810. The lowest BCUT2D eigenvalue weighted by atomic mass is 10.4. The third-order valence-corrected chi connectivity index (χ3v) is 3.73. The van der Waals surface area contributed by atoms with Crippen LogP contribution in [0.3, 0.4) is 0 Å². The molecule has 1 rings (SSSR count). The number of nitrogens with zero attached hydrogens (tertiary/aromatic N) is 1. The molecule has 8 heteroatoms. The minimum atomic E-state index is -3.71. The molecule has 0 spiro atoms. The molecule has 0 aromatic carbocycles. The highest BCUT2D eigenvalue weighted by Crippen LogP contribution is 2.21. The van der Waals surface area contributed by atoms with Crippen LogP contribution in [0.5, 0.6) is 0 Å². The van der Waals surface area contributed by atoms with Gasteiger partial charge in [0.1, 0.15) is 10.0 Å². The molecule has 1 heterocycles. The molecule has 0 aliphatic rings. The molecule has 0 aliphatic carbocycles. The van der Waals surface area contributed by atoms with Gasteiger partial charge in [-0.3, -0.25) is 0 Å². The van der Waals surface area contributed by atoms with Gasteiger partial charge in [0, 0.05) is 12.7 Å². The summed E-state index contributed by atoms with van der Waals surface area (Å²) in [6.45, 7) is 1.39. The molecule has 0 fully saturated rings. The molecular formula is C8H10Cl2N2O3S. The summed E-state index contributed by atoms with van der Waals surface area (Å²) in [5.74, 6) is 0. The van der Waals surface area contributed by atoms with Crippen LogP contribution in [0.15, 0.2) is 17.2 Å². The van der Waals surface area contributed by atoms with E-state index in [0.29, 0.717) is 0 Å². The van der Waals surface area contributed by atoms with Crippen LogP contribution in [0.25, 0.3) is 0 Å². The fourth-order valence-electron chi connectivity index (χ4n) is 0.864. The number of hydrogen-bond donors (Lipinski definition) is 2. The molecule has 0 bridgehead atoms. The van der Waals surface area contributed by atoms with Crippen LogP contribution in [-0.2, 0) is 10.0 Å². The van der Waals surface area contributed by atoms with E-state index in [1.54, 1.807) is 0 Å². The summed E-state index contributed by atoms with van der Waals surface area (Å²) >= 11 is 11.2. The van der Waals surface area contributed by atoms with Crippen LogP contribution >= 0.6 is 23.2 Å². The van der Waals surface area contributed by atoms with Gasteiger partial charge in [-0.1, -0.05) is 23.2 Å². The molecule has 1 aromatic rings. The van der Waals surface area contributed by atoms with E-state index in [1.807, 2.05) is 0 Å². The van der Waals surface area contributed by atoms with Crippen LogP contribution in [0, 0.1) is 0 Å². The van der Waals surface area contributed by atoms with Crippen molar-refractivity contribution in [3.63, 3.8) is 0 Å². The first-order valence-corrected chi connectivity index (χ1v) is 6.55. The molecule has 0 amide bonds. The predicted octanol–water partition coefficient (Wildman–Crippen LogP) is 1.05. The summed E-state index contributed by atoms with van der Waals surface area (Å²) in [5, 5.41) is 9.07. The molecular weight excluding hydrogens is 275 g/mol. The summed E-state index contributed by atoms with van der Waals surface area (Å²) in [6.07, 6.45) is 0.323. The molecule has 1 aromatic heterocycles. The zero-order valence-corrected chi connectivity index (χ0v) is 10.6. The van der Waals surface area contributed by atoms with E-state index in [4.69, 9.17) is 28.3 Å². The standard InChI is InChI=1S/C8H10Cl2N2O3S/c1-5(13)3-12-16(14,15)6-2-7(9)8(10)11-4-6/h2,4-5,12-13H,3H2,1H3/t5-/m1/s1. The topological polar surface area (TPSA) is 79.3 Å². The second-order valence-corrected chi connectivity index (χ2v) is 5.68. The minimum Gasteiger partial charge on any atom is -0.392 e. The van der Waals surface area contributed by atoms with E-state index in [0.717, 1.165) is 6.20 Å². The molecule has 0 saturated heterocycles. The highest BCUT2D eigenvalue weighted by molar-refractivity contribution is 7.89. The van der Waals surface area contributed by atoms with E-state index in [9.17, 15) is 8.42 Å². The van der Waals surface area contributed by atoms with Gasteiger partial charge in [0.15, 0.2) is 0 Å². The zero-order valence-electron chi connectivity index (χ0n) is 8.31. The van der Waals surface area contributed by atoms with E-state index in [1.165, 1.54) is 13.0 Å². The van der Waals surface area contributed by atoms with Crippen LogP contribution in [0.1, 0.15) is 6.92 Å². The van der Waals surface area contributed by atoms with Gasteiger partial charge in [0.05, 0.1) is 11.1 Å². The zero-order chi connectivity index (χ0) is 12.3. The lowest BCUT2D eigenvalue weighted by Gasteiger charge is -2.08. The number of nitrogens with one attached hydrogen (secondary N) is 1. The van der Waals surface area contributed by atoms with Crippen LogP contribution in [-0.4, -0.2) is 31.2 Å². The molecule has 0 unspecified atom stereocenters. The van der Waals surface area contributed by atoms with Crippen molar-refractivity contribution in [2.75, 3.05) is 6.54 Å². The van der Waals surface area contributed by atoms with Crippen LogP contribution in [0.4, 0.5) is 0 Å². The second-order valence-electron chi connectivity index (χ2n) is 3.14. The third kappa shape index (κ3) is 3.57. The van der Waals surface area contributed by atoms with Crippen LogP contribution in [0.2, 0.25) is 10.2 Å². The van der Waals surface area contributed by atoms with Gasteiger partial charge in [-0.05, 0) is 13.0 Å². The van der Waals surface area contributed by atoms with Gasteiger partial charge in [-0.25, -0.2) is 18.1 Å². The number of rotatable bonds is 4. The second kappa shape index (κ2) is 5.29. The van der Waals surface area contributed by atoms with Crippen molar-refractivity contribution >= 4 is 33.2 Å². The van der Waals surface area contributed by atoms with E-state index in [-0.39, 0.29) is 21.6 Å². The molecule has 0 aliphatic heterocycles. The van der Waals surface area contributed by atoms with Gasteiger partial charge in [0.25, 0.3) is 0 Å². The van der Waals surface area contributed by atoms with Crippen molar-refractivity contribution < 1.29 is 13.5 Å². The van der Waals surface area contributed by atoms with Crippen molar-refractivity contribution in [1.29, 1.82) is 0 Å². The Bertz CT molecular complexity index is 476. The minimum absolute atomic E-state index is 0.0381. The largest absolute Gasteiger partial charge is 0.392 e. The monoisotopic (exact) mass is 284 g/mol. The molecule has 90 valence electrons. The smallest absolute Gasteiger partial charge is 0.242 e. The number of sulfonamides is 1. The first kappa shape index (κ1) is 13.7. The fourth-order valence-corrected chi connectivity index (χ4v) is 2.29. The maximum Gasteiger partial charge on any atom is 0.242 e. The van der Waals surface area contributed by atoms with Crippen molar-refractivity contribution in [1.82, 2.24) is 9.71 Å². The summed E-state index contributed by atoms with van der Waals surface area (Å²) < 4.78 is 25.5. The van der Waals surface area contributed by atoms with Gasteiger partial charge < -0.3 is 5.11 Å². The first-order chi connectivity index (χ1) is 7.33. The molecule has 5 nitrogen and oxygen atoms in total. The highest BCUT2D eigenvalue weighted by Gasteiger charge is 2.16. The van der Waals surface area contributed by atoms with E-state index in [2.05, 4.69) is 9.71 Å². The lowest BCUT2D eigenvalue weighted by molar-refractivity contribution is 0.198. The number of halogens is 2. The molecule has 0 radical (unpaired) electrons. The Kier molecular flexibility index (Phi) is 4.52. The Balaban J connectivity index is 2.94. The SMILES string of the molecule is C[C@@H](O)CNS(=O)(=O)c1cnc(Cl)c(Cl)c1. The first-order valence-electron chi connectivity index (χ1n) is 4.31. The Labute approximate surface area is 103 Å². The number of aliphatic hydroxyl groups is 1. The number of aliphatic hydroxyl groups excluding tert-OH is 1. The summed E-state index contributed by atoms with van der Waals surface area (Å²) in [4.78, 5) is 3.53. The van der Waals surface area contributed by atoms with E-state index >= 15 is 0 Å². The highest BCUT2D eigenvalue weighted by atomic mass is 35.5. The van der Waals surface area contributed by atoms with Gasteiger partial charge in [0.2, 0.25) is 10.0 Å². The predicted molar refractivity (Wildman–Crippen MR) is 61.1 cm³/mol. The van der Waals surface area contributed by atoms with Crippen molar-refractivity contribution in [3.05, 3.63) is 22.4 Å². The number of hydrogen-bond acceptors (Lipinski definition) is 4. The average molecular weight is 285 g/mol. The maximum absolute atomic E-state index is 11.6. The molecule has 0 saturated carbocycles. The average Bonchev–Trinajstić information content (AvgIpc) is 2.19.